The van der Waals surface area contributed by atoms with Crippen LogP contribution < -0.4 is 46.4 Å². The molecular weight excluding hydrogens is 979 g/mol. The van der Waals surface area contributed by atoms with Gasteiger partial charge in [0.15, 0.2) is 8.07 Å². The fourth-order valence-corrected chi connectivity index (χ4v) is 21.2. The number of fused-ring (bicyclic) bond motifs is 11. The summed E-state index contributed by atoms with van der Waals surface area (Å²) in [6.07, 6.45) is 5.90. The van der Waals surface area contributed by atoms with Crippen LogP contribution in [0.5, 0.6) is 0 Å². The molecule has 9 aromatic carbocycles. The van der Waals surface area contributed by atoms with Gasteiger partial charge in [0, 0.05) is 40.6 Å². The van der Waals surface area contributed by atoms with Crippen molar-refractivity contribution in [2.75, 3.05) is 4.90 Å². The summed E-state index contributed by atoms with van der Waals surface area (Å²) >= 11 is 0. The van der Waals surface area contributed by atoms with Gasteiger partial charge in [0.25, 0.3) is 0 Å². The van der Waals surface area contributed by atoms with Gasteiger partial charge in [0.05, 0.1) is 5.65 Å². The van der Waals surface area contributed by atoms with E-state index in [2.05, 4.69) is 246 Å². The van der Waals surface area contributed by atoms with Crippen molar-refractivity contribution in [2.24, 2.45) is 0 Å². The largest absolute Gasteiger partial charge is 2.00 e. The number of rotatable bonds is 7. The molecule has 0 spiro atoms. The molecule has 13 aromatic rings. The Hall–Kier alpha value is -7.96. The number of para-hydroxylation sites is 2. The summed E-state index contributed by atoms with van der Waals surface area (Å²) in [5.74, 6) is 0.905. The van der Waals surface area contributed by atoms with E-state index in [9.17, 15) is 0 Å². The monoisotopic (exact) mass is 1020 g/mol. The number of aromatic nitrogens is 3. The van der Waals surface area contributed by atoms with Gasteiger partial charge in [0.1, 0.15) is 25.1 Å². The Morgan fingerprint density at radius 1 is 0.471 bits per heavy atom. The molecule has 1 aliphatic rings. The molecule has 0 amide bonds. The topological polar surface area (TPSA) is 46.6 Å². The van der Waals surface area contributed by atoms with Gasteiger partial charge in [-0.3, -0.25) is 4.98 Å². The van der Waals surface area contributed by atoms with Gasteiger partial charge in [0.2, 0.25) is 0 Å². The predicted molar refractivity (Wildman–Crippen MR) is 288 cm³/mol. The molecule has 0 bridgehead atoms. The van der Waals surface area contributed by atoms with E-state index >= 15 is 0 Å². The van der Waals surface area contributed by atoms with Gasteiger partial charge in [-0.15, -0.1) is 34.8 Å². The Bertz CT molecular complexity index is 4030. The van der Waals surface area contributed by atoms with Crippen LogP contribution >= 0.6 is 0 Å². The minimum Gasteiger partial charge on any atom is -0.456 e. The zero-order valence-corrected chi connectivity index (χ0v) is 41.2. The van der Waals surface area contributed by atoms with Gasteiger partial charge in [-0.2, -0.15) is 23.4 Å². The Labute approximate surface area is 420 Å². The molecule has 0 radical (unpaired) electrons. The van der Waals surface area contributed by atoms with Crippen LogP contribution in [0.25, 0.3) is 49.3 Å². The van der Waals surface area contributed by atoms with Crippen molar-refractivity contribution in [2.45, 2.75) is 0 Å². The molecule has 0 saturated carbocycles. The number of nitrogens with zero attached hydrogens (tertiary/aromatic N) is 4. The van der Waals surface area contributed by atoms with Crippen molar-refractivity contribution in [3.63, 3.8) is 0 Å². The number of hydrogen-bond acceptors (Lipinski definition) is 4. The molecule has 4 aromatic heterocycles. The summed E-state index contributed by atoms with van der Waals surface area (Å²) in [6.45, 7) is 0. The summed E-state index contributed by atoms with van der Waals surface area (Å²) in [5, 5.41) is 15.2. The smallest absolute Gasteiger partial charge is 0.456 e. The van der Waals surface area contributed by atoms with Crippen molar-refractivity contribution < 1.29 is 24.8 Å². The first-order valence-electron chi connectivity index (χ1n) is 23.4. The number of pyridine rings is 2. The van der Waals surface area contributed by atoms with Gasteiger partial charge in [-0.25, -0.2) is 4.98 Å². The van der Waals surface area contributed by atoms with E-state index in [1.165, 1.54) is 36.5 Å². The fourth-order valence-electron chi connectivity index (χ4n) is 11.6. The summed E-state index contributed by atoms with van der Waals surface area (Å²) in [4.78, 5) is 12.8. The van der Waals surface area contributed by atoms with E-state index in [1.54, 1.807) is 0 Å². The molecule has 0 aliphatic carbocycles. The summed E-state index contributed by atoms with van der Waals surface area (Å²) in [5.41, 5.74) is 5.74. The second-order valence-electron chi connectivity index (χ2n) is 17.9. The van der Waals surface area contributed by atoms with Crippen molar-refractivity contribution in [3.8, 4) is 0 Å². The number of imidazole rings is 1. The number of anilines is 3. The van der Waals surface area contributed by atoms with Gasteiger partial charge in [-0.1, -0.05) is 175 Å². The van der Waals surface area contributed by atoms with Crippen LogP contribution in [0, 0.1) is 12.1 Å². The third kappa shape index (κ3) is 6.05. The third-order valence-electron chi connectivity index (χ3n) is 14.5. The first kappa shape index (κ1) is 42.2. The number of furan rings is 1. The second-order valence-corrected chi connectivity index (χ2v) is 25.4. The van der Waals surface area contributed by atoms with Crippen molar-refractivity contribution >= 4 is 124 Å². The standard InChI is InChI=1S/C62H40N4OSi2.Pd/c1-5-20-44(21-6-1)68(45-22-7-2-8-23-45,49-34-35-50-51-29-13-15-31-55(51)65-38-37-64-61(65)54(50)40-49)48-28-17-19-43(39-48)66-56-41-53-52-30-14-16-32-57(52)67-58(53)42-60(56)69(46-24-9-3-10-25-46,47-26-11-4-12-27-47)59-33-18-36-63-62(59)66;/h1-38,41-42H;/q-2;+2. The zero-order valence-electron chi connectivity index (χ0n) is 37.6. The molecule has 8 heteroatoms. The summed E-state index contributed by atoms with van der Waals surface area (Å²) in [6, 6.07) is 90.1. The molecule has 0 saturated heterocycles. The fraction of sp³-hybridized carbons (Fsp3) is 0. The minimum absolute atomic E-state index is 0. The Morgan fingerprint density at radius 2 is 1.11 bits per heavy atom. The van der Waals surface area contributed by atoms with E-state index in [0.717, 1.165) is 71.4 Å². The normalized spacial score (nSPS) is 13.1. The van der Waals surface area contributed by atoms with Crippen LogP contribution in [-0.4, -0.2) is 30.5 Å². The van der Waals surface area contributed by atoms with Crippen LogP contribution in [0.1, 0.15) is 0 Å². The number of benzene rings is 9. The summed E-state index contributed by atoms with van der Waals surface area (Å²) in [7, 11) is -6.30. The van der Waals surface area contributed by atoms with Crippen LogP contribution in [0.2, 0.25) is 0 Å². The molecule has 1 aliphatic heterocycles. The molecule has 0 unspecified atom stereocenters. The SMILES string of the molecule is [Pd+2].[c-]1c(N2c3cc4c(cc3[Si](c3ccccc3)(c3ccccc3)c3cccnc32)oc2ccccc24)cccc1[Si](c1[c-]c2c(cc1)c1ccccc1n1ccnc21)(c1ccccc1)c1ccccc1. The molecule has 5 nitrogen and oxygen atoms in total. The molecule has 70 heavy (non-hydrogen) atoms. The Kier molecular flexibility index (Phi) is 10.0. The molecular formula is C62H40N4OPdSi2. The average Bonchev–Trinajstić information content (AvgIpc) is 4.07. The second kappa shape index (κ2) is 16.6. The quantitative estimate of drug-likeness (QED) is 0.0693. The van der Waals surface area contributed by atoms with Crippen LogP contribution in [-0.2, 0) is 20.4 Å². The average molecular weight is 1020 g/mol. The third-order valence-corrected chi connectivity index (χ3v) is 23.9. The molecule has 332 valence electrons. The first-order valence-corrected chi connectivity index (χ1v) is 27.4. The maximum atomic E-state index is 6.78. The molecule has 0 fully saturated rings. The van der Waals surface area contributed by atoms with Crippen molar-refractivity contribution in [1.29, 1.82) is 0 Å². The van der Waals surface area contributed by atoms with Crippen molar-refractivity contribution in [1.82, 2.24) is 14.4 Å². The van der Waals surface area contributed by atoms with Crippen LogP contribution in [0.3, 0.4) is 0 Å². The maximum Gasteiger partial charge on any atom is 2.00 e. The summed E-state index contributed by atoms with van der Waals surface area (Å²) < 4.78 is 8.98. The first-order chi connectivity index (χ1) is 34.2. The van der Waals surface area contributed by atoms with E-state index < -0.39 is 16.1 Å². The molecule has 0 N–H and O–H groups in total. The van der Waals surface area contributed by atoms with Crippen LogP contribution in [0.15, 0.2) is 247 Å². The number of hydrogen-bond donors (Lipinski definition) is 0. The van der Waals surface area contributed by atoms with Gasteiger partial charge in [-0.05, 0) is 66.8 Å². The van der Waals surface area contributed by atoms with E-state index in [0.29, 0.717) is 0 Å². The predicted octanol–water partition coefficient (Wildman–Crippen LogP) is 9.07. The van der Waals surface area contributed by atoms with E-state index in [-0.39, 0.29) is 20.4 Å². The Morgan fingerprint density at radius 3 is 1.84 bits per heavy atom. The molecule has 5 heterocycles. The van der Waals surface area contributed by atoms with E-state index in [1.807, 2.05) is 18.5 Å². The molecule has 0 atom stereocenters. The van der Waals surface area contributed by atoms with Crippen LogP contribution in [0.4, 0.5) is 17.2 Å². The maximum absolute atomic E-state index is 6.78. The minimum atomic E-state index is -3.23. The zero-order chi connectivity index (χ0) is 45.5. The van der Waals surface area contributed by atoms with E-state index in [4.69, 9.17) is 14.4 Å². The molecule has 14 rings (SSSR count). The van der Waals surface area contributed by atoms with Gasteiger partial charge >= 0.3 is 20.4 Å². The Balaban J connectivity index is 0.00000480. The van der Waals surface area contributed by atoms with Crippen molar-refractivity contribution in [3.05, 3.63) is 255 Å². The van der Waals surface area contributed by atoms with Gasteiger partial charge < -0.3 is 13.7 Å².